The Balaban J connectivity index is 1.86. The van der Waals surface area contributed by atoms with Crippen LogP contribution in [0.1, 0.15) is 24.2 Å². The number of ketones is 1. The number of benzene rings is 4. The topological polar surface area (TPSA) is 51.2 Å². The fourth-order valence-electron chi connectivity index (χ4n) is 3.67. The lowest BCUT2D eigenvalue weighted by molar-refractivity contribution is -0.117. The highest BCUT2D eigenvalue weighted by Gasteiger charge is 2.30. The number of carbonyl (C=O) groups excluding carboxylic acids is 1. The van der Waals surface area contributed by atoms with Gasteiger partial charge in [0.2, 0.25) is 0 Å². The van der Waals surface area contributed by atoms with E-state index < -0.39 is 15.1 Å². The summed E-state index contributed by atoms with van der Waals surface area (Å²) < 4.78 is 26.8. The molecule has 1 unspecified atom stereocenters. The molecule has 0 amide bonds. The van der Waals surface area contributed by atoms with Crippen molar-refractivity contribution in [3.8, 4) is 0 Å². The van der Waals surface area contributed by atoms with Gasteiger partial charge < -0.3 is 0 Å². The van der Waals surface area contributed by atoms with Gasteiger partial charge in [-0.2, -0.15) is 0 Å². The molecule has 28 heavy (non-hydrogen) atoms. The van der Waals surface area contributed by atoms with Gasteiger partial charge in [-0.1, -0.05) is 72.8 Å². The van der Waals surface area contributed by atoms with E-state index >= 15 is 0 Å². The molecule has 4 aromatic carbocycles. The van der Waals surface area contributed by atoms with Gasteiger partial charge in [0.05, 0.1) is 10.1 Å². The molecular weight excluding hydrogens is 368 g/mol. The number of hydrogen-bond donors (Lipinski definition) is 0. The molecule has 0 saturated carbocycles. The van der Waals surface area contributed by atoms with Gasteiger partial charge in [0.15, 0.2) is 9.84 Å². The van der Waals surface area contributed by atoms with Crippen LogP contribution in [0.2, 0.25) is 0 Å². The first-order valence-corrected chi connectivity index (χ1v) is 10.7. The van der Waals surface area contributed by atoms with Crippen LogP contribution in [0, 0.1) is 0 Å². The maximum atomic E-state index is 13.4. The van der Waals surface area contributed by atoms with Crippen LogP contribution < -0.4 is 0 Å². The van der Waals surface area contributed by atoms with Crippen LogP contribution in [0.25, 0.3) is 21.5 Å². The minimum atomic E-state index is -3.71. The first-order valence-electron chi connectivity index (χ1n) is 9.16. The quantitative estimate of drug-likeness (QED) is 0.425. The standard InChI is InChI=1S/C24H20O3S/c1-17(25)15-24(19-8-3-2-4-9-19)28(26,27)21-13-14-23-20(16-21)12-11-18-7-5-6-10-22(18)23/h2-14,16,24H,15H2,1H3. The molecule has 0 fully saturated rings. The third-order valence-electron chi connectivity index (χ3n) is 5.06. The zero-order chi connectivity index (χ0) is 19.7. The summed E-state index contributed by atoms with van der Waals surface area (Å²) in [5.41, 5.74) is 0.635. The minimum absolute atomic E-state index is 0.0396. The molecule has 3 nitrogen and oxygen atoms in total. The molecule has 0 aromatic heterocycles. The molecule has 0 bridgehead atoms. The summed E-state index contributed by atoms with van der Waals surface area (Å²) in [6.45, 7) is 1.43. The Morgan fingerprint density at radius 1 is 0.786 bits per heavy atom. The van der Waals surface area contributed by atoms with Crippen molar-refractivity contribution in [2.75, 3.05) is 0 Å². The predicted octanol–water partition coefficient (Wildman–Crippen LogP) is 5.49. The van der Waals surface area contributed by atoms with Gasteiger partial charge in [0, 0.05) is 6.42 Å². The fourth-order valence-corrected chi connectivity index (χ4v) is 5.51. The molecule has 4 heteroatoms. The van der Waals surface area contributed by atoms with Crippen molar-refractivity contribution in [3.63, 3.8) is 0 Å². The van der Waals surface area contributed by atoms with Crippen LogP contribution in [-0.2, 0) is 14.6 Å². The number of fused-ring (bicyclic) bond motifs is 3. The average Bonchev–Trinajstić information content (AvgIpc) is 2.72. The smallest absolute Gasteiger partial charge is 0.185 e. The summed E-state index contributed by atoms with van der Waals surface area (Å²) in [5.74, 6) is -0.149. The second-order valence-corrected chi connectivity index (χ2v) is 9.15. The van der Waals surface area contributed by atoms with Crippen LogP contribution in [0.4, 0.5) is 0 Å². The van der Waals surface area contributed by atoms with Crippen molar-refractivity contribution < 1.29 is 13.2 Å². The van der Waals surface area contributed by atoms with Crippen LogP contribution >= 0.6 is 0 Å². The maximum absolute atomic E-state index is 13.4. The van der Waals surface area contributed by atoms with Crippen molar-refractivity contribution in [1.29, 1.82) is 0 Å². The summed E-state index contributed by atoms with van der Waals surface area (Å²) in [7, 11) is -3.71. The van der Waals surface area contributed by atoms with Gasteiger partial charge >= 0.3 is 0 Å². The van der Waals surface area contributed by atoms with Crippen LogP contribution in [0.5, 0.6) is 0 Å². The Morgan fingerprint density at radius 3 is 2.18 bits per heavy atom. The summed E-state index contributed by atoms with van der Waals surface area (Å²) in [5, 5.41) is 3.20. The van der Waals surface area contributed by atoms with E-state index in [9.17, 15) is 13.2 Å². The molecule has 1 atom stereocenters. The van der Waals surface area contributed by atoms with Crippen LogP contribution in [0.3, 0.4) is 0 Å². The van der Waals surface area contributed by atoms with E-state index in [2.05, 4.69) is 0 Å². The molecule has 4 aromatic rings. The zero-order valence-corrected chi connectivity index (χ0v) is 16.3. The maximum Gasteiger partial charge on any atom is 0.185 e. The molecule has 0 spiro atoms. The van der Waals surface area contributed by atoms with E-state index in [0.29, 0.717) is 5.56 Å². The van der Waals surface area contributed by atoms with Gasteiger partial charge in [0.1, 0.15) is 5.78 Å². The summed E-state index contributed by atoms with van der Waals surface area (Å²) >= 11 is 0. The second kappa shape index (κ2) is 7.21. The van der Waals surface area contributed by atoms with Crippen molar-refractivity contribution in [2.45, 2.75) is 23.5 Å². The van der Waals surface area contributed by atoms with Gasteiger partial charge in [-0.15, -0.1) is 0 Å². The van der Waals surface area contributed by atoms with E-state index in [0.717, 1.165) is 21.5 Å². The highest BCUT2D eigenvalue weighted by molar-refractivity contribution is 7.91. The van der Waals surface area contributed by atoms with E-state index in [1.54, 1.807) is 36.4 Å². The number of rotatable bonds is 5. The molecule has 0 N–H and O–H groups in total. The van der Waals surface area contributed by atoms with Crippen molar-refractivity contribution in [3.05, 3.63) is 90.5 Å². The first kappa shape index (κ1) is 18.4. The lowest BCUT2D eigenvalue weighted by Gasteiger charge is -2.18. The fraction of sp³-hybridized carbons (Fsp3) is 0.125. The Bertz CT molecular complexity index is 1280. The predicted molar refractivity (Wildman–Crippen MR) is 113 cm³/mol. The first-order chi connectivity index (χ1) is 13.5. The van der Waals surface area contributed by atoms with Gasteiger partial charge in [0.25, 0.3) is 0 Å². The number of carbonyl (C=O) groups is 1. The van der Waals surface area contributed by atoms with E-state index in [1.165, 1.54) is 6.92 Å². The molecule has 0 aliphatic heterocycles. The zero-order valence-electron chi connectivity index (χ0n) is 15.5. The van der Waals surface area contributed by atoms with Gasteiger partial charge in [-0.05, 0) is 46.2 Å². The Morgan fingerprint density at radius 2 is 1.43 bits per heavy atom. The van der Waals surface area contributed by atoms with Gasteiger partial charge in [-0.3, -0.25) is 4.79 Å². The highest BCUT2D eigenvalue weighted by Crippen LogP contribution is 2.34. The molecule has 0 radical (unpaired) electrons. The SMILES string of the molecule is CC(=O)CC(c1ccccc1)S(=O)(=O)c1ccc2c(ccc3ccccc32)c1. The molecule has 140 valence electrons. The minimum Gasteiger partial charge on any atom is -0.300 e. The molecule has 0 aliphatic carbocycles. The highest BCUT2D eigenvalue weighted by atomic mass is 32.2. The lowest BCUT2D eigenvalue weighted by atomic mass is 10.0. The number of Topliss-reactive ketones (excluding diaryl/α,β-unsaturated/α-hetero) is 1. The molecule has 4 rings (SSSR count). The van der Waals surface area contributed by atoms with Crippen molar-refractivity contribution in [1.82, 2.24) is 0 Å². The molecule has 0 saturated heterocycles. The summed E-state index contributed by atoms with van der Waals surface area (Å²) in [6, 6.07) is 26.2. The van der Waals surface area contributed by atoms with Crippen molar-refractivity contribution >= 4 is 37.2 Å². The lowest BCUT2D eigenvalue weighted by Crippen LogP contribution is -2.16. The Kier molecular flexibility index (Phi) is 4.73. The molecule has 0 heterocycles. The molecule has 0 aliphatic rings. The van der Waals surface area contributed by atoms with E-state index in [4.69, 9.17) is 0 Å². The third kappa shape index (κ3) is 3.32. The van der Waals surface area contributed by atoms with Crippen molar-refractivity contribution in [2.24, 2.45) is 0 Å². The van der Waals surface area contributed by atoms with E-state index in [-0.39, 0.29) is 17.1 Å². The second-order valence-electron chi connectivity index (χ2n) is 7.02. The monoisotopic (exact) mass is 388 g/mol. The summed E-state index contributed by atoms with van der Waals surface area (Å²) in [4.78, 5) is 12.0. The van der Waals surface area contributed by atoms with Gasteiger partial charge in [-0.25, -0.2) is 8.42 Å². The average molecular weight is 388 g/mol. The van der Waals surface area contributed by atoms with Crippen LogP contribution in [-0.4, -0.2) is 14.2 Å². The van der Waals surface area contributed by atoms with Crippen LogP contribution in [0.15, 0.2) is 89.8 Å². The third-order valence-corrected chi connectivity index (χ3v) is 7.16. The largest absolute Gasteiger partial charge is 0.300 e. The Hall–Kier alpha value is -2.98. The number of hydrogen-bond acceptors (Lipinski definition) is 3. The molecular formula is C24H20O3S. The number of sulfone groups is 1. The normalized spacial score (nSPS) is 12.9. The Labute approximate surface area is 164 Å². The summed E-state index contributed by atoms with van der Waals surface area (Å²) in [6.07, 6.45) is -0.0396. The van der Waals surface area contributed by atoms with E-state index in [1.807, 2.05) is 48.5 Å².